The predicted octanol–water partition coefficient (Wildman–Crippen LogP) is 1.74. The highest BCUT2D eigenvalue weighted by atomic mass is 16.4. The Bertz CT molecular complexity index is 1490. The maximum atomic E-state index is 13.3. The summed E-state index contributed by atoms with van der Waals surface area (Å²) in [6, 6.07) is 23.1. The van der Waals surface area contributed by atoms with E-state index in [0.717, 1.165) is 11.1 Å². The number of carboxylic acids is 1. The van der Waals surface area contributed by atoms with Gasteiger partial charge >= 0.3 is 5.97 Å². The minimum Gasteiger partial charge on any atom is -0.480 e. The molecule has 1 unspecified atom stereocenters. The van der Waals surface area contributed by atoms with Crippen LogP contribution < -0.4 is 21.3 Å². The zero-order valence-corrected chi connectivity index (χ0v) is 25.4. The van der Waals surface area contributed by atoms with Crippen LogP contribution in [0.15, 0.2) is 91.0 Å². The smallest absolute Gasteiger partial charge is 0.328 e. The molecule has 0 radical (unpaired) electrons. The van der Waals surface area contributed by atoms with Crippen molar-refractivity contribution in [3.8, 4) is 0 Å². The van der Waals surface area contributed by atoms with Crippen LogP contribution in [0.3, 0.4) is 0 Å². The number of amides is 4. The minimum atomic E-state index is -1.64. The molecule has 11 nitrogen and oxygen atoms in total. The Balaban J connectivity index is 1.71. The fourth-order valence-electron chi connectivity index (χ4n) is 4.40. The molecule has 3 aromatic carbocycles. The third-order valence-corrected chi connectivity index (χ3v) is 6.99. The van der Waals surface area contributed by atoms with Gasteiger partial charge in [-0.15, -0.1) is 0 Å². The average Bonchev–Trinajstić information content (AvgIpc) is 3.01. The highest BCUT2D eigenvalue weighted by Crippen LogP contribution is 2.09. The van der Waals surface area contributed by atoms with E-state index in [-0.39, 0.29) is 19.3 Å². The molecule has 0 fully saturated rings. The van der Waals surface area contributed by atoms with Crippen LogP contribution in [0.4, 0.5) is 0 Å². The summed E-state index contributed by atoms with van der Waals surface area (Å²) in [4.78, 5) is 76.9. The maximum absolute atomic E-state index is 13.3. The summed E-state index contributed by atoms with van der Waals surface area (Å²) in [6.07, 6.45) is 0.160. The van der Waals surface area contributed by atoms with Crippen LogP contribution in [0, 0.1) is 0 Å². The zero-order valence-electron chi connectivity index (χ0n) is 25.4. The van der Waals surface area contributed by atoms with Gasteiger partial charge in [-0.1, -0.05) is 91.0 Å². The van der Waals surface area contributed by atoms with Crippen molar-refractivity contribution in [3.63, 3.8) is 0 Å². The number of aliphatic carboxylic acids is 1. The lowest BCUT2D eigenvalue weighted by atomic mass is 10.0. The molecule has 236 valence electrons. The Morgan fingerprint density at radius 3 is 1.56 bits per heavy atom. The third-order valence-electron chi connectivity index (χ3n) is 6.99. The van der Waals surface area contributed by atoms with E-state index in [4.69, 9.17) is 0 Å². The lowest BCUT2D eigenvalue weighted by Crippen LogP contribution is -2.59. The number of benzene rings is 3. The lowest BCUT2D eigenvalue weighted by molar-refractivity contribution is -0.146. The van der Waals surface area contributed by atoms with Crippen molar-refractivity contribution < 1.29 is 33.9 Å². The molecule has 0 aliphatic rings. The summed E-state index contributed by atoms with van der Waals surface area (Å²) in [5, 5.41) is 19.4. The first-order valence-corrected chi connectivity index (χ1v) is 14.5. The molecule has 0 spiro atoms. The SMILES string of the molecule is CC(NC(=O)[C@H](Cc1ccccc1)NC(=O)Cc1ccccc1)C(=O)C(=O)N[C@@H](Cc1ccccc1)C(=O)NC(C)(C)C(=O)O. The van der Waals surface area contributed by atoms with E-state index in [9.17, 15) is 33.9 Å². The van der Waals surface area contributed by atoms with Crippen LogP contribution >= 0.6 is 0 Å². The van der Waals surface area contributed by atoms with Crippen LogP contribution in [0.5, 0.6) is 0 Å². The van der Waals surface area contributed by atoms with Crippen LogP contribution in [-0.2, 0) is 48.0 Å². The van der Waals surface area contributed by atoms with Gasteiger partial charge in [0.05, 0.1) is 12.5 Å². The largest absolute Gasteiger partial charge is 0.480 e. The lowest BCUT2D eigenvalue weighted by Gasteiger charge is -2.26. The molecule has 0 saturated carbocycles. The van der Waals surface area contributed by atoms with E-state index in [1.54, 1.807) is 78.9 Å². The van der Waals surface area contributed by atoms with Gasteiger partial charge in [0.25, 0.3) is 5.91 Å². The normalized spacial score (nSPS) is 13.0. The van der Waals surface area contributed by atoms with Crippen molar-refractivity contribution in [1.29, 1.82) is 0 Å². The number of hydrogen-bond donors (Lipinski definition) is 5. The van der Waals surface area contributed by atoms with E-state index >= 15 is 0 Å². The van der Waals surface area contributed by atoms with Gasteiger partial charge < -0.3 is 26.4 Å². The van der Waals surface area contributed by atoms with E-state index in [0.29, 0.717) is 5.56 Å². The molecule has 3 aromatic rings. The van der Waals surface area contributed by atoms with Crippen molar-refractivity contribution in [2.45, 2.75) is 63.7 Å². The number of Topliss-reactive ketones (excluding diaryl/α,β-unsaturated/α-hetero) is 1. The number of carbonyl (C=O) groups is 6. The predicted molar refractivity (Wildman–Crippen MR) is 167 cm³/mol. The maximum Gasteiger partial charge on any atom is 0.328 e. The van der Waals surface area contributed by atoms with Crippen LogP contribution in [-0.4, -0.2) is 64.2 Å². The molecule has 0 aromatic heterocycles. The fraction of sp³-hybridized carbons (Fsp3) is 0.294. The van der Waals surface area contributed by atoms with Gasteiger partial charge in [0.1, 0.15) is 17.6 Å². The monoisotopic (exact) mass is 614 g/mol. The van der Waals surface area contributed by atoms with Gasteiger partial charge in [0.2, 0.25) is 23.5 Å². The van der Waals surface area contributed by atoms with Crippen LogP contribution in [0.1, 0.15) is 37.5 Å². The number of ketones is 1. The van der Waals surface area contributed by atoms with E-state index in [2.05, 4.69) is 21.3 Å². The minimum absolute atomic E-state index is 0.0191. The molecule has 3 rings (SSSR count). The number of carbonyl (C=O) groups excluding carboxylic acids is 5. The Morgan fingerprint density at radius 1 is 0.644 bits per heavy atom. The van der Waals surface area contributed by atoms with Gasteiger partial charge in [-0.2, -0.15) is 0 Å². The first-order valence-electron chi connectivity index (χ1n) is 14.5. The summed E-state index contributed by atoms with van der Waals surface area (Å²) in [5.74, 6) is -5.31. The van der Waals surface area contributed by atoms with E-state index in [1.807, 2.05) is 12.1 Å². The van der Waals surface area contributed by atoms with Crippen molar-refractivity contribution in [1.82, 2.24) is 21.3 Å². The highest BCUT2D eigenvalue weighted by Gasteiger charge is 2.34. The first kappa shape index (κ1) is 34.2. The number of rotatable bonds is 15. The molecule has 5 N–H and O–H groups in total. The number of nitrogens with one attached hydrogen (secondary N) is 4. The molecule has 0 bridgehead atoms. The van der Waals surface area contributed by atoms with Crippen molar-refractivity contribution in [2.24, 2.45) is 0 Å². The third kappa shape index (κ3) is 10.7. The second-order valence-electron chi connectivity index (χ2n) is 11.2. The summed E-state index contributed by atoms with van der Waals surface area (Å²) < 4.78 is 0. The quantitative estimate of drug-likeness (QED) is 0.162. The van der Waals surface area contributed by atoms with Crippen molar-refractivity contribution >= 4 is 35.4 Å². The second kappa shape index (κ2) is 15.9. The average molecular weight is 615 g/mol. The molecule has 11 heteroatoms. The molecular formula is C34H38N4O7. The summed E-state index contributed by atoms with van der Waals surface area (Å²) in [5.41, 5.74) is 0.555. The number of hydrogen-bond acceptors (Lipinski definition) is 6. The topological polar surface area (TPSA) is 171 Å². The zero-order chi connectivity index (χ0) is 33.0. The van der Waals surface area contributed by atoms with Crippen molar-refractivity contribution in [3.05, 3.63) is 108 Å². The van der Waals surface area contributed by atoms with Crippen LogP contribution in [0.25, 0.3) is 0 Å². The van der Waals surface area contributed by atoms with Gasteiger partial charge in [0.15, 0.2) is 0 Å². The molecule has 45 heavy (non-hydrogen) atoms. The summed E-state index contributed by atoms with van der Waals surface area (Å²) >= 11 is 0. The standard InChI is InChI=1S/C34H38N4O7/c1-22(29(40)32(43)37-27(20-24-15-9-5-10-16-24)31(42)38-34(2,3)33(44)45)35-30(41)26(19-23-13-7-4-8-14-23)36-28(39)21-25-17-11-6-12-18-25/h4-18,22,26-27H,19-21H2,1-3H3,(H,35,41)(H,36,39)(H,37,43)(H,38,42)(H,44,45)/t22?,26-,27-/m0/s1. The molecular weight excluding hydrogens is 576 g/mol. The molecule has 0 aliphatic heterocycles. The second-order valence-corrected chi connectivity index (χ2v) is 11.2. The van der Waals surface area contributed by atoms with Gasteiger partial charge in [0, 0.05) is 12.8 Å². The Kier molecular flexibility index (Phi) is 12.1. The summed E-state index contributed by atoms with van der Waals surface area (Å²) in [7, 11) is 0. The van der Waals surface area contributed by atoms with Crippen LogP contribution in [0.2, 0.25) is 0 Å². The molecule has 4 amide bonds. The fourth-order valence-corrected chi connectivity index (χ4v) is 4.40. The Labute approximate surface area is 261 Å². The highest BCUT2D eigenvalue weighted by molar-refractivity contribution is 6.38. The molecule has 3 atom stereocenters. The molecule has 0 saturated heterocycles. The van der Waals surface area contributed by atoms with Gasteiger partial charge in [-0.3, -0.25) is 24.0 Å². The van der Waals surface area contributed by atoms with Gasteiger partial charge in [-0.25, -0.2) is 4.79 Å². The van der Waals surface area contributed by atoms with Crippen molar-refractivity contribution in [2.75, 3.05) is 0 Å². The Hall–Kier alpha value is -5.32. The number of carboxylic acid groups (broad SMARTS) is 1. The van der Waals surface area contributed by atoms with Gasteiger partial charge in [-0.05, 0) is 37.5 Å². The Morgan fingerprint density at radius 2 is 1.09 bits per heavy atom. The van der Waals surface area contributed by atoms with E-state index in [1.165, 1.54) is 20.8 Å². The summed E-state index contributed by atoms with van der Waals surface area (Å²) in [6.45, 7) is 3.91. The first-order chi connectivity index (χ1) is 21.4. The molecule has 0 heterocycles. The molecule has 0 aliphatic carbocycles. The van der Waals surface area contributed by atoms with E-state index < -0.39 is 59.0 Å².